The molecule has 0 saturated heterocycles. The van der Waals surface area contributed by atoms with Gasteiger partial charge in [-0.1, -0.05) is 116 Å². The smallest absolute Gasteiger partial charge is 0.0314 e. The van der Waals surface area contributed by atoms with Crippen LogP contribution in [-0.2, 0) is 6.42 Å². The van der Waals surface area contributed by atoms with Crippen LogP contribution in [0.3, 0.4) is 0 Å². The minimum absolute atomic E-state index is 0.764. The Bertz CT molecular complexity index is 1680. The van der Waals surface area contributed by atoms with Crippen LogP contribution in [0.2, 0.25) is 0 Å². The van der Waals surface area contributed by atoms with Gasteiger partial charge in [0, 0.05) is 5.69 Å². The average molecular weight is 476 g/mol. The van der Waals surface area contributed by atoms with Gasteiger partial charge >= 0.3 is 0 Å². The molecule has 0 saturated carbocycles. The molecule has 6 rings (SSSR count). The van der Waals surface area contributed by atoms with E-state index in [9.17, 15) is 0 Å². The first-order chi connectivity index (χ1) is 18.2. The van der Waals surface area contributed by atoms with Crippen molar-refractivity contribution in [3.05, 3.63) is 132 Å². The van der Waals surface area contributed by atoms with Gasteiger partial charge in [-0.3, -0.25) is 0 Å². The summed E-state index contributed by atoms with van der Waals surface area (Å²) in [6.45, 7) is 8.45. The lowest BCUT2D eigenvalue weighted by molar-refractivity contribution is 0.987. The number of benzene rings is 5. The zero-order valence-electron chi connectivity index (χ0n) is 20.9. The highest BCUT2D eigenvalue weighted by Crippen LogP contribution is 2.44. The van der Waals surface area contributed by atoms with Gasteiger partial charge in [0.1, 0.15) is 0 Å². The van der Waals surface area contributed by atoms with E-state index in [0.717, 1.165) is 35.2 Å². The zero-order valence-corrected chi connectivity index (χ0v) is 20.9. The van der Waals surface area contributed by atoms with Crippen molar-refractivity contribution in [3.8, 4) is 33.4 Å². The van der Waals surface area contributed by atoms with Crippen molar-refractivity contribution < 1.29 is 0 Å². The largest absolute Gasteiger partial charge is 0.399 e. The van der Waals surface area contributed by atoms with Crippen LogP contribution in [0.4, 0.5) is 5.69 Å². The molecule has 1 nitrogen and oxygen atoms in total. The molecule has 0 spiro atoms. The lowest BCUT2D eigenvalue weighted by atomic mass is 9.78. The molecule has 0 fully saturated rings. The number of allylic oxidation sites excluding steroid dienone is 1. The summed E-state index contributed by atoms with van der Waals surface area (Å²) in [5.41, 5.74) is 18.9. The number of nitrogen functional groups attached to an aromatic ring is 1. The van der Waals surface area contributed by atoms with Crippen molar-refractivity contribution in [2.75, 3.05) is 5.73 Å². The second-order valence-corrected chi connectivity index (χ2v) is 9.54. The van der Waals surface area contributed by atoms with Crippen molar-refractivity contribution in [1.29, 1.82) is 0 Å². The van der Waals surface area contributed by atoms with Gasteiger partial charge in [0.05, 0.1) is 0 Å². The Labute approximate surface area is 218 Å². The fourth-order valence-corrected chi connectivity index (χ4v) is 5.74. The molecule has 0 amide bonds. The van der Waals surface area contributed by atoms with Gasteiger partial charge in [0.2, 0.25) is 0 Å². The summed E-state index contributed by atoms with van der Waals surface area (Å²) in [6, 6.07) is 32.2. The van der Waals surface area contributed by atoms with Crippen LogP contribution in [0.5, 0.6) is 0 Å². The summed E-state index contributed by atoms with van der Waals surface area (Å²) >= 11 is 0. The van der Waals surface area contributed by atoms with E-state index in [1.165, 1.54) is 49.7 Å². The van der Waals surface area contributed by atoms with Gasteiger partial charge in [0.25, 0.3) is 0 Å². The lowest BCUT2D eigenvalue weighted by Gasteiger charge is -2.25. The lowest BCUT2D eigenvalue weighted by Crippen LogP contribution is -2.06. The Morgan fingerprint density at radius 3 is 2.03 bits per heavy atom. The molecule has 2 N–H and O–H groups in total. The van der Waals surface area contributed by atoms with Crippen LogP contribution < -0.4 is 5.73 Å². The first-order valence-corrected chi connectivity index (χ1v) is 12.8. The summed E-state index contributed by atoms with van der Waals surface area (Å²) in [7, 11) is 0. The molecule has 0 heterocycles. The van der Waals surface area contributed by atoms with Crippen LogP contribution in [-0.4, -0.2) is 0 Å². The van der Waals surface area contributed by atoms with Gasteiger partial charge in [-0.2, -0.15) is 0 Å². The minimum Gasteiger partial charge on any atom is -0.399 e. The summed E-state index contributed by atoms with van der Waals surface area (Å²) in [5.74, 6) is 0. The van der Waals surface area contributed by atoms with E-state index in [4.69, 9.17) is 5.73 Å². The Hall–Kier alpha value is -4.62. The molecule has 37 heavy (non-hydrogen) atoms. The number of nitrogens with two attached hydrogens (primary N) is 1. The predicted molar refractivity (Wildman–Crippen MR) is 162 cm³/mol. The highest BCUT2D eigenvalue weighted by Gasteiger charge is 2.23. The van der Waals surface area contributed by atoms with E-state index in [1.807, 2.05) is 24.3 Å². The second kappa shape index (κ2) is 9.44. The van der Waals surface area contributed by atoms with Crippen LogP contribution in [0.25, 0.3) is 62.4 Å². The number of fused-ring (bicyclic) bond motifs is 2. The molecular formula is C36H29N. The number of rotatable bonds is 5. The van der Waals surface area contributed by atoms with E-state index >= 15 is 0 Å². The molecule has 1 aliphatic rings. The van der Waals surface area contributed by atoms with Gasteiger partial charge in [-0.05, 0) is 91.4 Å². The topological polar surface area (TPSA) is 26.0 Å². The van der Waals surface area contributed by atoms with Crippen LogP contribution in [0.15, 0.2) is 110 Å². The molecule has 178 valence electrons. The molecule has 1 aliphatic carbocycles. The van der Waals surface area contributed by atoms with Crippen LogP contribution in [0.1, 0.15) is 28.7 Å². The van der Waals surface area contributed by atoms with E-state index in [-0.39, 0.29) is 0 Å². The minimum atomic E-state index is 0.764. The molecule has 0 aromatic heterocycles. The van der Waals surface area contributed by atoms with Crippen LogP contribution >= 0.6 is 0 Å². The van der Waals surface area contributed by atoms with Crippen molar-refractivity contribution in [2.45, 2.75) is 12.8 Å². The number of hydrogen-bond donors (Lipinski definition) is 1. The van der Waals surface area contributed by atoms with Gasteiger partial charge in [-0.15, -0.1) is 0 Å². The first kappa shape index (κ1) is 22.8. The van der Waals surface area contributed by atoms with Crippen molar-refractivity contribution in [2.24, 2.45) is 0 Å². The molecule has 5 aromatic carbocycles. The quantitative estimate of drug-likeness (QED) is 0.252. The summed E-state index contributed by atoms with van der Waals surface area (Å²) < 4.78 is 0. The van der Waals surface area contributed by atoms with Gasteiger partial charge in [-0.25, -0.2) is 0 Å². The van der Waals surface area contributed by atoms with Crippen molar-refractivity contribution in [1.82, 2.24) is 0 Å². The maximum atomic E-state index is 6.00. The monoisotopic (exact) mass is 475 g/mol. The van der Waals surface area contributed by atoms with Gasteiger partial charge in [0.15, 0.2) is 0 Å². The Morgan fingerprint density at radius 1 is 0.649 bits per heavy atom. The number of hydrogen-bond acceptors (Lipinski definition) is 1. The summed E-state index contributed by atoms with van der Waals surface area (Å²) in [6.07, 6.45) is 10.5. The Morgan fingerprint density at radius 2 is 1.27 bits per heavy atom. The predicted octanol–water partition coefficient (Wildman–Crippen LogP) is 9.67. The molecular weight excluding hydrogens is 446 g/mol. The molecule has 0 radical (unpaired) electrons. The first-order valence-electron chi connectivity index (χ1n) is 12.8. The summed E-state index contributed by atoms with van der Waals surface area (Å²) in [4.78, 5) is 0. The van der Waals surface area contributed by atoms with E-state index in [2.05, 4.69) is 104 Å². The highest BCUT2D eigenvalue weighted by molar-refractivity contribution is 5.98. The maximum Gasteiger partial charge on any atom is 0.0314 e. The van der Waals surface area contributed by atoms with E-state index < -0.39 is 0 Å². The SMILES string of the molecule is C=Cc1c(C=C)c(-c2ccc(-c3cccc4ccccc34)cc2)c2c(c1-c1ccc(N)cc1)C=CCC2. The standard InChI is InChI=1S/C36H29N/c1-3-29-30(4-2)36(27-20-22-28(37)23-21-27)34-14-8-7-13-33(34)35(29)26-18-16-25(17-19-26)32-15-9-11-24-10-5-6-12-31(24)32/h3-6,8-12,14-23H,1-2,7,13,37H2. The average Bonchev–Trinajstić information content (AvgIpc) is 2.96. The zero-order chi connectivity index (χ0) is 25.4. The third-order valence-corrected chi connectivity index (χ3v) is 7.45. The molecule has 0 aliphatic heterocycles. The van der Waals surface area contributed by atoms with E-state index in [1.54, 1.807) is 0 Å². The maximum absolute atomic E-state index is 6.00. The fraction of sp³-hybridized carbons (Fsp3) is 0.0556. The molecule has 0 bridgehead atoms. The third-order valence-electron chi connectivity index (χ3n) is 7.45. The Kier molecular flexibility index (Phi) is 5.82. The Balaban J connectivity index is 1.56. The van der Waals surface area contributed by atoms with Crippen LogP contribution in [0, 0.1) is 0 Å². The highest BCUT2D eigenvalue weighted by atomic mass is 14.5. The fourth-order valence-electron chi connectivity index (χ4n) is 5.74. The number of anilines is 1. The van der Waals surface area contributed by atoms with E-state index in [0.29, 0.717) is 0 Å². The van der Waals surface area contributed by atoms with Crippen molar-refractivity contribution >= 4 is 34.7 Å². The molecule has 1 heteroatoms. The normalized spacial score (nSPS) is 12.3. The van der Waals surface area contributed by atoms with Crippen molar-refractivity contribution in [3.63, 3.8) is 0 Å². The summed E-state index contributed by atoms with van der Waals surface area (Å²) in [5, 5.41) is 2.53. The molecule has 0 unspecified atom stereocenters. The molecule has 5 aromatic rings. The molecule has 0 atom stereocenters. The second-order valence-electron chi connectivity index (χ2n) is 9.54. The third kappa shape index (κ3) is 3.90. The van der Waals surface area contributed by atoms with Gasteiger partial charge < -0.3 is 5.73 Å².